The molecule has 0 amide bonds. The molecule has 94 valence electrons. The van der Waals surface area contributed by atoms with Gasteiger partial charge in [0.2, 0.25) is 0 Å². The van der Waals surface area contributed by atoms with Crippen molar-refractivity contribution in [2.45, 2.75) is 12.5 Å². The van der Waals surface area contributed by atoms with E-state index < -0.39 is 0 Å². The van der Waals surface area contributed by atoms with E-state index in [1.807, 2.05) is 42.5 Å². The highest BCUT2D eigenvalue weighted by molar-refractivity contribution is 5.98. The Kier molecular flexibility index (Phi) is 3.41. The molecule has 2 aromatic rings. The second-order valence-corrected chi connectivity index (χ2v) is 4.54. The smallest absolute Gasteiger partial charge is 0.158 e. The predicted molar refractivity (Wildman–Crippen MR) is 77.8 cm³/mol. The second-order valence-electron chi connectivity index (χ2n) is 4.54. The van der Waals surface area contributed by atoms with Gasteiger partial charge < -0.3 is 4.84 Å². The van der Waals surface area contributed by atoms with Gasteiger partial charge in [0.15, 0.2) is 6.10 Å². The van der Waals surface area contributed by atoms with Crippen molar-refractivity contribution < 1.29 is 4.84 Å². The van der Waals surface area contributed by atoms with Gasteiger partial charge in [-0.1, -0.05) is 71.9 Å². The van der Waals surface area contributed by atoms with E-state index in [-0.39, 0.29) is 6.10 Å². The number of rotatable bonds is 3. The van der Waals surface area contributed by atoms with E-state index in [2.05, 4.69) is 35.5 Å². The molecule has 19 heavy (non-hydrogen) atoms. The molecule has 0 radical (unpaired) electrons. The average molecular weight is 249 g/mol. The normalized spacial score (nSPS) is 18.3. The minimum Gasteiger partial charge on any atom is -0.387 e. The lowest BCUT2D eigenvalue weighted by molar-refractivity contribution is 0.0857. The Labute approximate surface area is 113 Å². The zero-order valence-corrected chi connectivity index (χ0v) is 10.6. The molecule has 2 aromatic carbocycles. The highest BCUT2D eigenvalue weighted by Crippen LogP contribution is 2.27. The average Bonchev–Trinajstić information content (AvgIpc) is 2.96. The van der Waals surface area contributed by atoms with Gasteiger partial charge in [-0.3, -0.25) is 0 Å². The van der Waals surface area contributed by atoms with Crippen LogP contribution >= 0.6 is 0 Å². The predicted octanol–water partition coefficient (Wildman–Crippen LogP) is 4.22. The minimum atomic E-state index is 0.0524. The molecule has 1 aliphatic heterocycles. The molecule has 1 heterocycles. The van der Waals surface area contributed by atoms with Crippen LogP contribution in [0.25, 0.3) is 6.08 Å². The highest BCUT2D eigenvalue weighted by atomic mass is 16.6. The standard InChI is InChI=1S/C17H15NO/c1-3-7-14(8-4-1)11-12-16-13-17(19-18-16)15-9-5-2-6-10-15/h1-12,17H,13H2/b12-11+. The van der Waals surface area contributed by atoms with E-state index in [1.54, 1.807) is 0 Å². The van der Waals surface area contributed by atoms with Crippen LogP contribution in [0.3, 0.4) is 0 Å². The molecule has 0 fully saturated rings. The summed E-state index contributed by atoms with van der Waals surface area (Å²) in [5, 5.41) is 4.14. The van der Waals surface area contributed by atoms with Crippen LogP contribution in [0.5, 0.6) is 0 Å². The Hall–Kier alpha value is -2.35. The number of hydrogen-bond donors (Lipinski definition) is 0. The zero-order chi connectivity index (χ0) is 12.9. The lowest BCUT2D eigenvalue weighted by Crippen LogP contribution is -1.97. The van der Waals surface area contributed by atoms with Gasteiger partial charge >= 0.3 is 0 Å². The van der Waals surface area contributed by atoms with E-state index in [4.69, 9.17) is 4.84 Å². The van der Waals surface area contributed by atoms with Gasteiger partial charge in [0.25, 0.3) is 0 Å². The van der Waals surface area contributed by atoms with Crippen LogP contribution in [-0.2, 0) is 4.84 Å². The molecule has 0 N–H and O–H groups in total. The summed E-state index contributed by atoms with van der Waals surface area (Å²) < 4.78 is 0. The van der Waals surface area contributed by atoms with Gasteiger partial charge in [0, 0.05) is 6.42 Å². The largest absolute Gasteiger partial charge is 0.387 e. The van der Waals surface area contributed by atoms with Crippen molar-refractivity contribution in [2.24, 2.45) is 5.16 Å². The van der Waals surface area contributed by atoms with E-state index in [1.165, 1.54) is 11.1 Å². The van der Waals surface area contributed by atoms with E-state index in [0.717, 1.165) is 12.1 Å². The van der Waals surface area contributed by atoms with Crippen LogP contribution < -0.4 is 0 Å². The maximum absolute atomic E-state index is 5.48. The SMILES string of the molecule is C(=C\c1ccccc1)/C1=NOC(c2ccccc2)C1. The topological polar surface area (TPSA) is 21.6 Å². The van der Waals surface area contributed by atoms with Gasteiger partial charge in [-0.2, -0.15) is 0 Å². The summed E-state index contributed by atoms with van der Waals surface area (Å²) in [6.07, 6.45) is 4.97. The third-order valence-corrected chi connectivity index (χ3v) is 3.13. The van der Waals surface area contributed by atoms with Gasteiger partial charge in [-0.15, -0.1) is 0 Å². The molecule has 0 aromatic heterocycles. The number of allylic oxidation sites excluding steroid dienone is 1. The first kappa shape index (κ1) is 11.7. The first-order chi connectivity index (χ1) is 9.42. The summed E-state index contributed by atoms with van der Waals surface area (Å²) in [5.41, 5.74) is 3.33. The van der Waals surface area contributed by atoms with Crippen molar-refractivity contribution in [3.05, 3.63) is 77.9 Å². The van der Waals surface area contributed by atoms with Gasteiger partial charge in [-0.25, -0.2) is 0 Å². The third kappa shape index (κ3) is 2.91. The molecule has 2 heteroatoms. The van der Waals surface area contributed by atoms with Crippen LogP contribution in [0.2, 0.25) is 0 Å². The number of nitrogens with zero attached hydrogens (tertiary/aromatic N) is 1. The van der Waals surface area contributed by atoms with Crippen molar-refractivity contribution in [3.63, 3.8) is 0 Å². The summed E-state index contributed by atoms with van der Waals surface area (Å²) in [6.45, 7) is 0. The van der Waals surface area contributed by atoms with Crippen molar-refractivity contribution in [1.29, 1.82) is 0 Å². The molecular weight excluding hydrogens is 234 g/mol. The molecule has 3 rings (SSSR count). The second kappa shape index (κ2) is 5.53. The highest BCUT2D eigenvalue weighted by Gasteiger charge is 2.20. The first-order valence-corrected chi connectivity index (χ1v) is 6.42. The lowest BCUT2D eigenvalue weighted by Gasteiger charge is -2.06. The van der Waals surface area contributed by atoms with Crippen LogP contribution in [-0.4, -0.2) is 5.71 Å². The van der Waals surface area contributed by atoms with E-state index >= 15 is 0 Å². The Balaban J connectivity index is 1.65. The molecule has 0 bridgehead atoms. The van der Waals surface area contributed by atoms with Crippen LogP contribution in [0.1, 0.15) is 23.7 Å². The van der Waals surface area contributed by atoms with E-state index in [9.17, 15) is 0 Å². The maximum atomic E-state index is 5.48. The molecule has 1 aliphatic rings. The molecule has 1 unspecified atom stereocenters. The maximum Gasteiger partial charge on any atom is 0.158 e. The van der Waals surface area contributed by atoms with Crippen molar-refractivity contribution >= 4 is 11.8 Å². The van der Waals surface area contributed by atoms with Gasteiger partial charge in [0.1, 0.15) is 0 Å². The van der Waals surface area contributed by atoms with Crippen LogP contribution in [0.4, 0.5) is 0 Å². The zero-order valence-electron chi connectivity index (χ0n) is 10.6. The fraction of sp³-hybridized carbons (Fsp3) is 0.118. The number of hydrogen-bond acceptors (Lipinski definition) is 2. The third-order valence-electron chi connectivity index (χ3n) is 3.13. The molecular formula is C17H15NO. The quantitative estimate of drug-likeness (QED) is 0.798. The molecule has 0 saturated heterocycles. The summed E-state index contributed by atoms with van der Waals surface area (Å²) in [5.74, 6) is 0. The van der Waals surface area contributed by atoms with Gasteiger partial charge in [0.05, 0.1) is 5.71 Å². The summed E-state index contributed by atoms with van der Waals surface area (Å²) in [7, 11) is 0. The monoisotopic (exact) mass is 249 g/mol. The Morgan fingerprint density at radius 2 is 1.58 bits per heavy atom. The summed E-state index contributed by atoms with van der Waals surface area (Å²) in [6, 6.07) is 20.4. The van der Waals surface area contributed by atoms with Crippen molar-refractivity contribution in [2.75, 3.05) is 0 Å². The van der Waals surface area contributed by atoms with Crippen molar-refractivity contribution in [3.8, 4) is 0 Å². The van der Waals surface area contributed by atoms with Crippen LogP contribution in [0.15, 0.2) is 71.9 Å². The molecule has 0 saturated carbocycles. The molecule has 2 nitrogen and oxygen atoms in total. The fourth-order valence-electron chi connectivity index (χ4n) is 2.10. The summed E-state index contributed by atoms with van der Waals surface area (Å²) in [4.78, 5) is 5.48. The Morgan fingerprint density at radius 1 is 0.895 bits per heavy atom. The Bertz CT molecular complexity index is 587. The number of benzene rings is 2. The van der Waals surface area contributed by atoms with Crippen LogP contribution in [0, 0.1) is 0 Å². The molecule has 1 atom stereocenters. The van der Waals surface area contributed by atoms with Crippen molar-refractivity contribution in [1.82, 2.24) is 0 Å². The first-order valence-electron chi connectivity index (χ1n) is 6.42. The fourth-order valence-corrected chi connectivity index (χ4v) is 2.10. The Morgan fingerprint density at radius 3 is 2.32 bits per heavy atom. The molecule has 0 spiro atoms. The summed E-state index contributed by atoms with van der Waals surface area (Å²) >= 11 is 0. The van der Waals surface area contributed by atoms with Gasteiger partial charge in [-0.05, 0) is 17.2 Å². The van der Waals surface area contributed by atoms with E-state index in [0.29, 0.717) is 0 Å². The lowest BCUT2D eigenvalue weighted by atomic mass is 10.0. The minimum absolute atomic E-state index is 0.0524. The molecule has 0 aliphatic carbocycles. The number of oxime groups is 1.